The molecule has 92 valence electrons. The van der Waals surface area contributed by atoms with Gasteiger partial charge in [0.1, 0.15) is 11.5 Å². The van der Waals surface area contributed by atoms with Gasteiger partial charge in [-0.1, -0.05) is 0 Å². The molecule has 17 heavy (non-hydrogen) atoms. The molecule has 0 aliphatic heterocycles. The Morgan fingerprint density at radius 1 is 1.41 bits per heavy atom. The number of rotatable bonds is 6. The molecule has 0 radical (unpaired) electrons. The van der Waals surface area contributed by atoms with Gasteiger partial charge in [0, 0.05) is 6.42 Å². The highest BCUT2D eigenvalue weighted by Crippen LogP contribution is 2.26. The van der Waals surface area contributed by atoms with E-state index in [1.807, 2.05) is 13.0 Å². The first-order chi connectivity index (χ1) is 8.17. The molecule has 0 heterocycles. The van der Waals surface area contributed by atoms with E-state index in [1.54, 1.807) is 12.1 Å². The molecule has 0 bridgehead atoms. The number of hydrogen-bond acceptors (Lipinski definition) is 3. The fourth-order valence-corrected chi connectivity index (χ4v) is 1.41. The van der Waals surface area contributed by atoms with E-state index < -0.39 is 6.61 Å². The van der Waals surface area contributed by atoms with E-state index in [9.17, 15) is 8.78 Å². The lowest BCUT2D eigenvalue weighted by Crippen LogP contribution is -2.05. The summed E-state index contributed by atoms with van der Waals surface area (Å²) in [6, 6.07) is 6.59. The van der Waals surface area contributed by atoms with E-state index >= 15 is 0 Å². The molecule has 0 aromatic heterocycles. The van der Waals surface area contributed by atoms with E-state index in [2.05, 4.69) is 4.74 Å². The molecule has 0 aliphatic rings. The molecule has 0 unspecified atom stereocenters. The zero-order valence-electron chi connectivity index (χ0n) is 9.45. The van der Waals surface area contributed by atoms with E-state index in [4.69, 9.17) is 10.00 Å². The first kappa shape index (κ1) is 13.2. The van der Waals surface area contributed by atoms with Gasteiger partial charge in [-0.05, 0) is 37.1 Å². The van der Waals surface area contributed by atoms with Crippen LogP contribution in [-0.4, -0.2) is 13.2 Å². The maximum Gasteiger partial charge on any atom is 0.387 e. The minimum absolute atomic E-state index is 0.0960. The smallest absolute Gasteiger partial charge is 0.387 e. The molecule has 5 heteroatoms. The maximum absolute atomic E-state index is 12.2. The molecule has 0 aliphatic carbocycles. The minimum atomic E-state index is -2.87. The van der Waals surface area contributed by atoms with Gasteiger partial charge >= 0.3 is 6.61 Å². The molecule has 1 aromatic carbocycles. The monoisotopic (exact) mass is 241 g/mol. The molecular formula is C12H13F2NO2. The van der Waals surface area contributed by atoms with Gasteiger partial charge in [-0.25, -0.2) is 0 Å². The average molecular weight is 241 g/mol. The van der Waals surface area contributed by atoms with Crippen molar-refractivity contribution in [1.82, 2.24) is 0 Å². The van der Waals surface area contributed by atoms with Gasteiger partial charge < -0.3 is 9.47 Å². The molecule has 0 saturated carbocycles. The van der Waals surface area contributed by atoms with Crippen molar-refractivity contribution in [3.8, 4) is 17.6 Å². The van der Waals surface area contributed by atoms with Gasteiger partial charge in [0.15, 0.2) is 0 Å². The van der Waals surface area contributed by atoms with E-state index in [-0.39, 0.29) is 12.2 Å². The highest BCUT2D eigenvalue weighted by atomic mass is 19.3. The van der Waals surface area contributed by atoms with E-state index in [0.717, 1.165) is 0 Å². The Bertz CT molecular complexity index is 402. The lowest BCUT2D eigenvalue weighted by molar-refractivity contribution is -0.0504. The quantitative estimate of drug-likeness (QED) is 0.768. The zero-order valence-corrected chi connectivity index (χ0v) is 9.45. The summed E-state index contributed by atoms with van der Waals surface area (Å²) < 4.78 is 33.9. The Labute approximate surface area is 98.6 Å². The molecule has 0 saturated heterocycles. The Kier molecular flexibility index (Phi) is 5.21. The number of hydrogen-bond donors (Lipinski definition) is 0. The summed E-state index contributed by atoms with van der Waals surface area (Å²) in [4.78, 5) is 0. The van der Waals surface area contributed by atoms with Crippen molar-refractivity contribution in [1.29, 1.82) is 5.26 Å². The number of halogens is 2. The molecule has 0 spiro atoms. The van der Waals surface area contributed by atoms with Gasteiger partial charge in [0.05, 0.1) is 12.7 Å². The van der Waals surface area contributed by atoms with Crippen LogP contribution in [0.4, 0.5) is 8.78 Å². The minimum Gasteiger partial charge on any atom is -0.494 e. The Hall–Kier alpha value is -1.83. The lowest BCUT2D eigenvalue weighted by Gasteiger charge is -2.11. The van der Waals surface area contributed by atoms with Gasteiger partial charge in [-0.3, -0.25) is 0 Å². The second kappa shape index (κ2) is 6.69. The van der Waals surface area contributed by atoms with Crippen molar-refractivity contribution < 1.29 is 18.3 Å². The molecule has 1 aromatic rings. The summed E-state index contributed by atoms with van der Waals surface area (Å²) in [5.41, 5.74) is 0.554. The molecule has 0 N–H and O–H groups in total. The van der Waals surface area contributed by atoms with Crippen LogP contribution in [0, 0.1) is 11.3 Å². The van der Waals surface area contributed by atoms with Crippen molar-refractivity contribution in [3.63, 3.8) is 0 Å². The molecule has 3 nitrogen and oxygen atoms in total. The van der Waals surface area contributed by atoms with Crippen molar-refractivity contribution in [2.45, 2.75) is 26.4 Å². The highest BCUT2D eigenvalue weighted by Gasteiger charge is 2.10. The van der Waals surface area contributed by atoms with Crippen LogP contribution in [0.2, 0.25) is 0 Å². The standard InChI is InChI=1S/C12H13F2NO2/c1-2-16-10-5-6-11(17-12(13)14)9(8-10)4-3-7-15/h5-6,8,12H,2-4H2,1H3. The fraction of sp³-hybridized carbons (Fsp3) is 0.417. The Morgan fingerprint density at radius 3 is 2.76 bits per heavy atom. The van der Waals surface area contributed by atoms with Crippen molar-refractivity contribution >= 4 is 0 Å². The molecular weight excluding hydrogens is 228 g/mol. The van der Waals surface area contributed by atoms with Gasteiger partial charge in [0.2, 0.25) is 0 Å². The van der Waals surface area contributed by atoms with Gasteiger partial charge in [-0.15, -0.1) is 0 Å². The summed E-state index contributed by atoms with van der Waals surface area (Å²) in [5.74, 6) is 0.681. The third-order valence-corrected chi connectivity index (χ3v) is 2.07. The lowest BCUT2D eigenvalue weighted by atomic mass is 10.1. The van der Waals surface area contributed by atoms with Crippen LogP contribution in [0.15, 0.2) is 18.2 Å². The summed E-state index contributed by atoms with van der Waals surface area (Å²) in [5, 5.41) is 8.50. The zero-order chi connectivity index (χ0) is 12.7. The number of alkyl halides is 2. The first-order valence-electron chi connectivity index (χ1n) is 5.24. The van der Waals surface area contributed by atoms with Gasteiger partial charge in [-0.2, -0.15) is 14.0 Å². The fourth-order valence-electron chi connectivity index (χ4n) is 1.41. The Morgan fingerprint density at radius 2 is 2.18 bits per heavy atom. The third-order valence-electron chi connectivity index (χ3n) is 2.07. The van der Waals surface area contributed by atoms with Crippen LogP contribution >= 0.6 is 0 Å². The van der Waals surface area contributed by atoms with Crippen LogP contribution in [0.1, 0.15) is 18.9 Å². The van der Waals surface area contributed by atoms with Gasteiger partial charge in [0.25, 0.3) is 0 Å². The van der Waals surface area contributed by atoms with Crippen LogP contribution in [0.25, 0.3) is 0 Å². The number of aryl methyl sites for hydroxylation is 1. The van der Waals surface area contributed by atoms with Crippen LogP contribution < -0.4 is 9.47 Å². The molecule has 1 rings (SSSR count). The first-order valence-corrected chi connectivity index (χ1v) is 5.24. The molecule has 0 atom stereocenters. The van der Waals surface area contributed by atoms with Crippen LogP contribution in [0.3, 0.4) is 0 Å². The summed E-state index contributed by atoms with van der Waals surface area (Å²) in [7, 11) is 0. The van der Waals surface area contributed by atoms with E-state index in [0.29, 0.717) is 24.3 Å². The van der Waals surface area contributed by atoms with Crippen molar-refractivity contribution in [3.05, 3.63) is 23.8 Å². The summed E-state index contributed by atoms with van der Waals surface area (Å²) in [6.07, 6.45) is 0.606. The molecule has 0 fully saturated rings. The number of ether oxygens (including phenoxy) is 2. The normalized spacial score (nSPS) is 10.1. The topological polar surface area (TPSA) is 42.2 Å². The second-order valence-corrected chi connectivity index (χ2v) is 3.24. The van der Waals surface area contributed by atoms with Crippen molar-refractivity contribution in [2.24, 2.45) is 0 Å². The number of nitrogens with zero attached hydrogens (tertiary/aromatic N) is 1. The number of nitriles is 1. The largest absolute Gasteiger partial charge is 0.494 e. The number of benzene rings is 1. The van der Waals surface area contributed by atoms with Crippen LogP contribution in [-0.2, 0) is 6.42 Å². The highest BCUT2D eigenvalue weighted by molar-refractivity contribution is 5.40. The third kappa shape index (κ3) is 4.27. The average Bonchev–Trinajstić information content (AvgIpc) is 2.29. The van der Waals surface area contributed by atoms with E-state index in [1.165, 1.54) is 6.07 Å². The SMILES string of the molecule is CCOc1ccc(OC(F)F)c(CCC#N)c1. The summed E-state index contributed by atoms with van der Waals surface area (Å²) >= 11 is 0. The predicted molar refractivity (Wildman–Crippen MR) is 58.2 cm³/mol. The second-order valence-electron chi connectivity index (χ2n) is 3.24. The van der Waals surface area contributed by atoms with Crippen molar-refractivity contribution in [2.75, 3.05) is 6.61 Å². The summed E-state index contributed by atoms with van der Waals surface area (Å²) in [6.45, 7) is -0.542. The molecule has 0 amide bonds. The van der Waals surface area contributed by atoms with Crippen LogP contribution in [0.5, 0.6) is 11.5 Å². The predicted octanol–water partition coefficient (Wildman–Crippen LogP) is 3.14. The Balaban J connectivity index is 2.90. The maximum atomic E-state index is 12.2.